The van der Waals surface area contributed by atoms with Crippen molar-refractivity contribution < 1.29 is 9.47 Å². The molecule has 1 aromatic heterocycles. The highest BCUT2D eigenvalue weighted by atomic mass is 16.5. The molecule has 2 heterocycles. The van der Waals surface area contributed by atoms with Crippen LogP contribution < -0.4 is 20.7 Å². The third-order valence-corrected chi connectivity index (χ3v) is 2.93. The summed E-state index contributed by atoms with van der Waals surface area (Å²) in [6, 6.07) is 5.50. The van der Waals surface area contributed by atoms with Crippen molar-refractivity contribution in [2.75, 3.05) is 6.61 Å². The average molecular weight is 260 g/mol. The molecule has 1 aliphatic rings. The number of rotatable bonds is 2. The predicted octanol–water partition coefficient (Wildman–Crippen LogP) is 1.16. The Kier molecular flexibility index (Phi) is 2.63. The maximum absolute atomic E-state index is 11.7. The standard InChI is InChI=1S/C13H12N2O4/c1-2-18-9-5-3-4-7-6-8-11(16)14-13(17)15-12(8)19-10(7)9/h3-5H,2,6H2,1H3,(H2,14,15,16,17). The SMILES string of the molecule is CCOc1cccc2c1Oc1[nH]c(=O)[nH]c(=O)c1C2. The zero-order valence-corrected chi connectivity index (χ0v) is 10.3. The molecule has 0 aliphatic carbocycles. The van der Waals surface area contributed by atoms with Gasteiger partial charge in [0.15, 0.2) is 11.5 Å². The van der Waals surface area contributed by atoms with Crippen LogP contribution in [0.4, 0.5) is 0 Å². The first kappa shape index (κ1) is 11.6. The first-order valence-electron chi connectivity index (χ1n) is 5.97. The van der Waals surface area contributed by atoms with Crippen LogP contribution in [0.5, 0.6) is 17.4 Å². The fourth-order valence-corrected chi connectivity index (χ4v) is 2.12. The van der Waals surface area contributed by atoms with E-state index >= 15 is 0 Å². The predicted molar refractivity (Wildman–Crippen MR) is 68.2 cm³/mol. The van der Waals surface area contributed by atoms with Gasteiger partial charge in [-0.3, -0.25) is 14.8 Å². The Hall–Kier alpha value is -2.50. The second kappa shape index (κ2) is 4.31. The van der Waals surface area contributed by atoms with E-state index in [1.165, 1.54) is 0 Å². The summed E-state index contributed by atoms with van der Waals surface area (Å²) in [6.45, 7) is 2.39. The largest absolute Gasteiger partial charge is 0.490 e. The Balaban J connectivity index is 2.14. The number of benzene rings is 1. The van der Waals surface area contributed by atoms with Gasteiger partial charge in [-0.2, -0.15) is 0 Å². The molecule has 2 N–H and O–H groups in total. The summed E-state index contributed by atoms with van der Waals surface area (Å²) in [5.41, 5.74) is 0.268. The van der Waals surface area contributed by atoms with E-state index in [0.717, 1.165) is 5.56 Å². The van der Waals surface area contributed by atoms with E-state index in [0.29, 0.717) is 30.1 Å². The van der Waals surface area contributed by atoms with E-state index < -0.39 is 11.2 Å². The Morgan fingerprint density at radius 2 is 2.16 bits per heavy atom. The van der Waals surface area contributed by atoms with Gasteiger partial charge < -0.3 is 9.47 Å². The lowest BCUT2D eigenvalue weighted by molar-refractivity contribution is 0.315. The van der Waals surface area contributed by atoms with Gasteiger partial charge in [0.05, 0.1) is 12.2 Å². The zero-order chi connectivity index (χ0) is 13.4. The van der Waals surface area contributed by atoms with Crippen LogP contribution in [0, 0.1) is 0 Å². The molecule has 1 aliphatic heterocycles. The molecule has 0 unspecified atom stereocenters. The van der Waals surface area contributed by atoms with Gasteiger partial charge in [0.25, 0.3) is 5.56 Å². The number of H-pyrrole nitrogens is 2. The highest BCUT2D eigenvalue weighted by Gasteiger charge is 2.23. The molecule has 0 fully saturated rings. The fourth-order valence-electron chi connectivity index (χ4n) is 2.12. The number of fused-ring (bicyclic) bond motifs is 2. The minimum absolute atomic E-state index is 0.188. The molecule has 6 nitrogen and oxygen atoms in total. The van der Waals surface area contributed by atoms with Gasteiger partial charge in [-0.05, 0) is 13.0 Å². The fraction of sp³-hybridized carbons (Fsp3) is 0.231. The van der Waals surface area contributed by atoms with E-state index in [-0.39, 0.29) is 5.88 Å². The van der Waals surface area contributed by atoms with Gasteiger partial charge in [-0.25, -0.2) is 4.79 Å². The van der Waals surface area contributed by atoms with Gasteiger partial charge in [0.2, 0.25) is 5.88 Å². The van der Waals surface area contributed by atoms with Crippen molar-refractivity contribution in [2.45, 2.75) is 13.3 Å². The number of hydrogen-bond donors (Lipinski definition) is 2. The molecule has 0 atom stereocenters. The van der Waals surface area contributed by atoms with E-state index in [1.54, 1.807) is 6.07 Å². The summed E-state index contributed by atoms with van der Waals surface area (Å²) in [5.74, 6) is 1.35. The van der Waals surface area contributed by atoms with Crippen LogP contribution in [-0.2, 0) is 6.42 Å². The van der Waals surface area contributed by atoms with Crippen molar-refractivity contribution in [3.8, 4) is 17.4 Å². The summed E-state index contributed by atoms with van der Waals surface area (Å²) < 4.78 is 11.1. The molecule has 6 heteroatoms. The second-order valence-corrected chi connectivity index (χ2v) is 4.17. The molecule has 19 heavy (non-hydrogen) atoms. The van der Waals surface area contributed by atoms with Crippen molar-refractivity contribution in [2.24, 2.45) is 0 Å². The van der Waals surface area contributed by atoms with Crippen LogP contribution in [0.2, 0.25) is 0 Å². The lowest BCUT2D eigenvalue weighted by atomic mass is 10.0. The summed E-state index contributed by atoms with van der Waals surface area (Å²) in [7, 11) is 0. The summed E-state index contributed by atoms with van der Waals surface area (Å²) >= 11 is 0. The highest BCUT2D eigenvalue weighted by molar-refractivity contribution is 5.53. The number of aromatic nitrogens is 2. The lowest BCUT2D eigenvalue weighted by Gasteiger charge is -2.20. The Labute approximate surface area is 108 Å². The van der Waals surface area contributed by atoms with Crippen LogP contribution in [-0.4, -0.2) is 16.6 Å². The number of ether oxygens (including phenoxy) is 2. The number of hydrogen-bond acceptors (Lipinski definition) is 4. The van der Waals surface area contributed by atoms with Gasteiger partial charge in [0.1, 0.15) is 0 Å². The van der Waals surface area contributed by atoms with E-state index in [1.807, 2.05) is 19.1 Å². The Bertz CT molecular complexity index is 745. The molecule has 0 saturated carbocycles. The molecule has 2 aromatic rings. The third-order valence-electron chi connectivity index (χ3n) is 2.93. The van der Waals surface area contributed by atoms with Gasteiger partial charge in [-0.1, -0.05) is 12.1 Å². The lowest BCUT2D eigenvalue weighted by Crippen LogP contribution is -2.28. The zero-order valence-electron chi connectivity index (χ0n) is 10.3. The molecule has 0 saturated heterocycles. The number of aromatic amines is 2. The Morgan fingerprint density at radius 1 is 1.32 bits per heavy atom. The molecular formula is C13H12N2O4. The van der Waals surface area contributed by atoms with Crippen molar-refractivity contribution in [3.63, 3.8) is 0 Å². The van der Waals surface area contributed by atoms with Crippen LogP contribution in [0.1, 0.15) is 18.1 Å². The molecule has 0 spiro atoms. The molecule has 98 valence electrons. The van der Waals surface area contributed by atoms with E-state index in [2.05, 4.69) is 9.97 Å². The maximum atomic E-state index is 11.7. The van der Waals surface area contributed by atoms with Gasteiger partial charge in [-0.15, -0.1) is 0 Å². The topological polar surface area (TPSA) is 84.2 Å². The maximum Gasteiger partial charge on any atom is 0.328 e. The Morgan fingerprint density at radius 3 is 2.95 bits per heavy atom. The molecule has 3 rings (SSSR count). The monoisotopic (exact) mass is 260 g/mol. The minimum atomic E-state index is -0.582. The third kappa shape index (κ3) is 1.91. The van der Waals surface area contributed by atoms with Crippen molar-refractivity contribution in [1.82, 2.24) is 9.97 Å². The molecule has 0 bridgehead atoms. The van der Waals surface area contributed by atoms with E-state index in [9.17, 15) is 9.59 Å². The van der Waals surface area contributed by atoms with Crippen LogP contribution in [0.15, 0.2) is 27.8 Å². The van der Waals surface area contributed by atoms with Crippen LogP contribution in [0.25, 0.3) is 0 Å². The molecule has 0 radical (unpaired) electrons. The average Bonchev–Trinajstić information content (AvgIpc) is 2.38. The van der Waals surface area contributed by atoms with Crippen molar-refractivity contribution >= 4 is 0 Å². The first-order chi connectivity index (χ1) is 9.19. The smallest absolute Gasteiger partial charge is 0.328 e. The van der Waals surface area contributed by atoms with Crippen molar-refractivity contribution in [1.29, 1.82) is 0 Å². The summed E-state index contributed by atoms with van der Waals surface area (Å²) in [4.78, 5) is 27.7. The van der Waals surface area contributed by atoms with Crippen LogP contribution >= 0.6 is 0 Å². The summed E-state index contributed by atoms with van der Waals surface area (Å²) in [5, 5.41) is 0. The summed E-state index contributed by atoms with van der Waals surface area (Å²) in [6.07, 6.45) is 0.400. The highest BCUT2D eigenvalue weighted by Crippen LogP contribution is 2.39. The molecule has 1 aromatic carbocycles. The number of para-hydroxylation sites is 1. The van der Waals surface area contributed by atoms with E-state index in [4.69, 9.17) is 9.47 Å². The first-order valence-corrected chi connectivity index (χ1v) is 5.97. The van der Waals surface area contributed by atoms with Crippen molar-refractivity contribution in [3.05, 3.63) is 50.2 Å². The quantitative estimate of drug-likeness (QED) is 0.724. The second-order valence-electron chi connectivity index (χ2n) is 4.17. The normalized spacial score (nSPS) is 12.3. The molecule has 0 amide bonds. The molecular weight excluding hydrogens is 248 g/mol. The number of nitrogens with one attached hydrogen (secondary N) is 2. The van der Waals surface area contributed by atoms with Gasteiger partial charge >= 0.3 is 5.69 Å². The van der Waals surface area contributed by atoms with Crippen LogP contribution in [0.3, 0.4) is 0 Å². The van der Waals surface area contributed by atoms with Gasteiger partial charge in [0, 0.05) is 12.0 Å². The minimum Gasteiger partial charge on any atom is -0.490 e.